The molecule has 0 spiro atoms. The van der Waals surface area contributed by atoms with Gasteiger partial charge in [0.05, 0.1) is 7.11 Å². The van der Waals surface area contributed by atoms with Gasteiger partial charge < -0.3 is 15.4 Å². The number of thioether (sulfide) groups is 1. The van der Waals surface area contributed by atoms with Crippen LogP contribution in [0.4, 0.5) is 9.93 Å². The molecule has 0 radical (unpaired) electrons. The molecule has 1 heterocycles. The van der Waals surface area contributed by atoms with E-state index in [0.29, 0.717) is 12.3 Å². The second-order valence-corrected chi connectivity index (χ2v) is 9.00. The number of benzene rings is 1. The van der Waals surface area contributed by atoms with E-state index in [9.17, 15) is 9.59 Å². The van der Waals surface area contributed by atoms with Crippen molar-refractivity contribution in [3.05, 3.63) is 29.8 Å². The number of amides is 3. The lowest BCUT2D eigenvalue weighted by molar-refractivity contribution is -0.119. The molecule has 1 aliphatic carbocycles. The average Bonchev–Trinajstić information content (AvgIpc) is 3.38. The van der Waals surface area contributed by atoms with Gasteiger partial charge >= 0.3 is 6.03 Å². The predicted octanol–water partition coefficient (Wildman–Crippen LogP) is 3.41. The van der Waals surface area contributed by atoms with Crippen molar-refractivity contribution < 1.29 is 14.3 Å². The number of carbonyl (C=O) groups is 2. The minimum absolute atomic E-state index is 0.197. The fraction of sp³-hybridized carbons (Fsp3) is 0.474. The van der Waals surface area contributed by atoms with E-state index < -0.39 is 6.03 Å². The van der Waals surface area contributed by atoms with Crippen LogP contribution in [-0.4, -0.2) is 41.0 Å². The number of carbonyl (C=O) groups excluding carboxylic acids is 2. The van der Waals surface area contributed by atoms with Crippen molar-refractivity contribution >= 4 is 40.2 Å². The Balaban J connectivity index is 1.33. The maximum Gasteiger partial charge on any atom is 0.321 e. The van der Waals surface area contributed by atoms with Crippen LogP contribution in [0.25, 0.3) is 0 Å². The molecule has 1 fully saturated rings. The van der Waals surface area contributed by atoms with E-state index in [1.54, 1.807) is 7.11 Å². The van der Waals surface area contributed by atoms with Crippen LogP contribution < -0.4 is 20.7 Å². The lowest BCUT2D eigenvalue weighted by Crippen LogP contribution is -2.43. The SMILES string of the molecule is COc1ccc(CNc2nnc(SCCC(=O)NC(=O)NC3CCCC3)s2)cc1. The van der Waals surface area contributed by atoms with Gasteiger partial charge in [-0.3, -0.25) is 10.1 Å². The maximum absolute atomic E-state index is 11.9. The van der Waals surface area contributed by atoms with Gasteiger partial charge in [0.15, 0.2) is 4.34 Å². The van der Waals surface area contributed by atoms with Crippen LogP contribution in [0.15, 0.2) is 28.6 Å². The quantitative estimate of drug-likeness (QED) is 0.518. The van der Waals surface area contributed by atoms with Crippen molar-refractivity contribution in [1.82, 2.24) is 20.8 Å². The Kier molecular flexibility index (Phi) is 8.12. The molecule has 0 aliphatic heterocycles. The summed E-state index contributed by atoms with van der Waals surface area (Å²) >= 11 is 2.89. The monoisotopic (exact) mass is 435 g/mol. The van der Waals surface area contributed by atoms with E-state index in [0.717, 1.165) is 46.5 Å². The Labute approximate surface area is 178 Å². The summed E-state index contributed by atoms with van der Waals surface area (Å²) in [5.74, 6) is 1.08. The first kappa shape index (κ1) is 21.4. The van der Waals surface area contributed by atoms with Crippen molar-refractivity contribution in [2.24, 2.45) is 0 Å². The molecular weight excluding hydrogens is 410 g/mol. The topological polar surface area (TPSA) is 105 Å². The molecule has 3 rings (SSSR count). The number of hydrogen-bond acceptors (Lipinski definition) is 8. The van der Waals surface area contributed by atoms with Gasteiger partial charge in [-0.15, -0.1) is 10.2 Å². The second-order valence-electron chi connectivity index (χ2n) is 6.68. The molecule has 0 bridgehead atoms. The second kappa shape index (κ2) is 11.0. The van der Waals surface area contributed by atoms with E-state index in [-0.39, 0.29) is 18.4 Å². The molecule has 0 atom stereocenters. The summed E-state index contributed by atoms with van der Waals surface area (Å²) in [6, 6.07) is 7.61. The first-order chi connectivity index (χ1) is 14.1. The molecule has 3 amide bonds. The van der Waals surface area contributed by atoms with Crippen molar-refractivity contribution in [3.63, 3.8) is 0 Å². The zero-order valence-electron chi connectivity index (χ0n) is 16.3. The number of anilines is 1. The van der Waals surface area contributed by atoms with Crippen molar-refractivity contribution in [1.29, 1.82) is 0 Å². The number of imide groups is 1. The summed E-state index contributed by atoms with van der Waals surface area (Å²) in [6.45, 7) is 0.641. The van der Waals surface area contributed by atoms with Crippen LogP contribution in [0.5, 0.6) is 5.75 Å². The van der Waals surface area contributed by atoms with Crippen molar-refractivity contribution in [2.45, 2.75) is 49.0 Å². The van der Waals surface area contributed by atoms with E-state index in [2.05, 4.69) is 26.1 Å². The number of nitrogens with zero attached hydrogens (tertiary/aromatic N) is 2. The van der Waals surface area contributed by atoms with Gasteiger partial charge in [0.1, 0.15) is 5.75 Å². The molecule has 0 unspecified atom stereocenters. The van der Waals surface area contributed by atoms with Crippen molar-refractivity contribution in [3.8, 4) is 5.75 Å². The highest BCUT2D eigenvalue weighted by Gasteiger charge is 2.18. The molecule has 2 aromatic rings. The Morgan fingerprint density at radius 2 is 1.97 bits per heavy atom. The summed E-state index contributed by atoms with van der Waals surface area (Å²) in [5, 5.41) is 17.4. The normalized spacial score (nSPS) is 13.8. The summed E-state index contributed by atoms with van der Waals surface area (Å²) in [5.41, 5.74) is 1.11. The van der Waals surface area contributed by atoms with Gasteiger partial charge in [-0.25, -0.2) is 4.79 Å². The minimum atomic E-state index is -0.396. The number of urea groups is 1. The Bertz CT molecular complexity index is 806. The first-order valence-electron chi connectivity index (χ1n) is 9.56. The van der Waals surface area contributed by atoms with Crippen LogP contribution in [0.2, 0.25) is 0 Å². The minimum Gasteiger partial charge on any atom is -0.497 e. The Morgan fingerprint density at radius 1 is 1.21 bits per heavy atom. The largest absolute Gasteiger partial charge is 0.497 e. The van der Waals surface area contributed by atoms with E-state index >= 15 is 0 Å². The number of methoxy groups -OCH3 is 1. The molecule has 0 saturated heterocycles. The molecule has 1 aromatic heterocycles. The van der Waals surface area contributed by atoms with Gasteiger partial charge in [-0.2, -0.15) is 0 Å². The van der Waals surface area contributed by atoms with Crippen LogP contribution in [-0.2, 0) is 11.3 Å². The number of rotatable bonds is 9. The lowest BCUT2D eigenvalue weighted by atomic mass is 10.2. The molecule has 10 heteroatoms. The number of ether oxygens (including phenoxy) is 1. The fourth-order valence-corrected chi connectivity index (χ4v) is 4.73. The summed E-state index contributed by atoms with van der Waals surface area (Å²) < 4.78 is 5.93. The number of aromatic nitrogens is 2. The van der Waals surface area contributed by atoms with Gasteiger partial charge in [-0.05, 0) is 30.5 Å². The van der Waals surface area contributed by atoms with Crippen LogP contribution in [0.1, 0.15) is 37.7 Å². The van der Waals surface area contributed by atoms with E-state index in [4.69, 9.17) is 4.74 Å². The summed E-state index contributed by atoms with van der Waals surface area (Å²) in [6.07, 6.45) is 4.49. The number of nitrogens with one attached hydrogen (secondary N) is 3. The summed E-state index contributed by atoms with van der Waals surface area (Å²) in [4.78, 5) is 23.7. The molecule has 1 aromatic carbocycles. The molecule has 156 valence electrons. The predicted molar refractivity (Wildman–Crippen MR) is 115 cm³/mol. The van der Waals surface area contributed by atoms with Crippen LogP contribution in [0, 0.1) is 0 Å². The first-order valence-corrected chi connectivity index (χ1v) is 11.4. The van der Waals surface area contributed by atoms with Gasteiger partial charge in [0.2, 0.25) is 11.0 Å². The third-order valence-corrected chi connectivity index (χ3v) is 6.52. The molecular formula is C19H25N5O3S2. The van der Waals surface area contributed by atoms with Crippen LogP contribution >= 0.6 is 23.1 Å². The Hall–Kier alpha value is -2.33. The maximum atomic E-state index is 11.9. The fourth-order valence-electron chi connectivity index (χ4n) is 2.97. The zero-order valence-corrected chi connectivity index (χ0v) is 17.9. The van der Waals surface area contributed by atoms with Gasteiger partial charge in [0.25, 0.3) is 0 Å². The molecule has 1 saturated carbocycles. The lowest BCUT2D eigenvalue weighted by Gasteiger charge is -2.11. The van der Waals surface area contributed by atoms with Gasteiger partial charge in [0, 0.05) is 24.8 Å². The van der Waals surface area contributed by atoms with E-state index in [1.807, 2.05) is 24.3 Å². The molecule has 8 nitrogen and oxygen atoms in total. The van der Waals surface area contributed by atoms with Crippen molar-refractivity contribution in [2.75, 3.05) is 18.2 Å². The third-order valence-electron chi connectivity index (χ3n) is 4.51. The highest BCUT2D eigenvalue weighted by molar-refractivity contribution is 8.01. The van der Waals surface area contributed by atoms with Gasteiger partial charge in [-0.1, -0.05) is 48.1 Å². The highest BCUT2D eigenvalue weighted by Crippen LogP contribution is 2.26. The third kappa shape index (κ3) is 7.21. The van der Waals surface area contributed by atoms with E-state index in [1.165, 1.54) is 23.1 Å². The highest BCUT2D eigenvalue weighted by atomic mass is 32.2. The standard InChI is InChI=1S/C19H25N5O3S2/c1-27-15-8-6-13(7-9-15)12-20-18-23-24-19(29-18)28-11-10-16(25)22-17(26)21-14-4-2-3-5-14/h6-9,14H,2-5,10-12H2,1H3,(H,20,23)(H2,21,22,25,26). The zero-order chi connectivity index (χ0) is 20.5. The summed E-state index contributed by atoms with van der Waals surface area (Å²) in [7, 11) is 1.64. The smallest absolute Gasteiger partial charge is 0.321 e. The average molecular weight is 436 g/mol. The van der Waals surface area contributed by atoms with Crippen LogP contribution in [0.3, 0.4) is 0 Å². The molecule has 1 aliphatic rings. The molecule has 29 heavy (non-hydrogen) atoms. The number of hydrogen-bond donors (Lipinski definition) is 3. The Morgan fingerprint density at radius 3 is 2.69 bits per heavy atom. The molecule has 3 N–H and O–H groups in total.